The summed E-state index contributed by atoms with van der Waals surface area (Å²) in [7, 11) is -3.64. The monoisotopic (exact) mass is 501 g/mol. The normalized spacial score (nSPS) is 15.5. The van der Waals surface area contributed by atoms with Gasteiger partial charge in [-0.15, -0.1) is 11.3 Å². The number of anilines is 1. The van der Waals surface area contributed by atoms with Gasteiger partial charge in [-0.3, -0.25) is 0 Å². The van der Waals surface area contributed by atoms with Crippen LogP contribution in [0.3, 0.4) is 0 Å². The van der Waals surface area contributed by atoms with Crippen LogP contribution in [-0.4, -0.2) is 43.9 Å². The Morgan fingerprint density at radius 2 is 1.53 bits per heavy atom. The number of piperazine rings is 1. The summed E-state index contributed by atoms with van der Waals surface area (Å²) in [4.78, 5) is 6.97. The molecule has 30 heavy (non-hydrogen) atoms. The summed E-state index contributed by atoms with van der Waals surface area (Å²) in [5, 5.41) is 4.26. The van der Waals surface area contributed by atoms with Gasteiger partial charge >= 0.3 is 0 Å². The number of benzene rings is 2. The largest absolute Gasteiger partial charge is 0.345 e. The molecule has 158 valence electrons. The summed E-state index contributed by atoms with van der Waals surface area (Å²) in [6, 6.07) is 12.1. The van der Waals surface area contributed by atoms with Crippen molar-refractivity contribution in [2.45, 2.75) is 11.3 Å². The Kier molecular flexibility index (Phi) is 6.58. The van der Waals surface area contributed by atoms with Crippen molar-refractivity contribution in [3.63, 3.8) is 0 Å². The van der Waals surface area contributed by atoms with Gasteiger partial charge in [0.25, 0.3) is 0 Å². The Balaban J connectivity index is 1.41. The molecular formula is C20H18Cl3N3O2S2. The van der Waals surface area contributed by atoms with Crippen molar-refractivity contribution >= 4 is 61.3 Å². The van der Waals surface area contributed by atoms with Crippen molar-refractivity contribution in [3.05, 3.63) is 74.2 Å². The molecule has 0 spiro atoms. The second-order valence-corrected chi connectivity index (χ2v) is 11.0. The third-order valence-corrected chi connectivity index (χ3v) is 8.34. The zero-order valence-corrected chi connectivity index (χ0v) is 19.7. The molecule has 0 radical (unpaired) electrons. The first-order chi connectivity index (χ1) is 14.3. The number of halogens is 3. The first kappa shape index (κ1) is 21.9. The van der Waals surface area contributed by atoms with E-state index in [1.54, 1.807) is 11.3 Å². The fourth-order valence-electron chi connectivity index (χ4n) is 3.28. The van der Waals surface area contributed by atoms with Crippen molar-refractivity contribution < 1.29 is 8.42 Å². The minimum Gasteiger partial charge on any atom is -0.345 e. The average Bonchev–Trinajstić information content (AvgIpc) is 3.18. The van der Waals surface area contributed by atoms with Crippen molar-refractivity contribution in [1.29, 1.82) is 0 Å². The van der Waals surface area contributed by atoms with Crippen molar-refractivity contribution in [2.24, 2.45) is 0 Å². The Labute approximate surface area is 194 Å². The van der Waals surface area contributed by atoms with Crippen LogP contribution < -0.4 is 4.90 Å². The topological polar surface area (TPSA) is 53.5 Å². The van der Waals surface area contributed by atoms with Gasteiger partial charge in [-0.05, 0) is 35.9 Å². The van der Waals surface area contributed by atoms with E-state index in [0.717, 1.165) is 22.8 Å². The van der Waals surface area contributed by atoms with E-state index in [0.29, 0.717) is 41.2 Å². The smallest absolute Gasteiger partial charge is 0.243 e. The van der Waals surface area contributed by atoms with E-state index >= 15 is 0 Å². The van der Waals surface area contributed by atoms with Gasteiger partial charge in [-0.25, -0.2) is 13.4 Å². The van der Waals surface area contributed by atoms with Crippen molar-refractivity contribution in [2.75, 3.05) is 31.1 Å². The summed E-state index contributed by atoms with van der Waals surface area (Å²) in [6.45, 7) is 1.89. The lowest BCUT2D eigenvalue weighted by Gasteiger charge is -2.33. The lowest BCUT2D eigenvalue weighted by atomic mass is 10.1. The molecule has 0 bridgehead atoms. The molecule has 0 aliphatic carbocycles. The molecule has 1 fully saturated rings. The van der Waals surface area contributed by atoms with E-state index < -0.39 is 10.0 Å². The molecule has 5 nitrogen and oxygen atoms in total. The Bertz CT molecular complexity index is 1120. The first-order valence-corrected chi connectivity index (χ1v) is 12.7. The number of hydrogen-bond donors (Lipinski definition) is 0. The van der Waals surface area contributed by atoms with Crippen LogP contribution in [0.5, 0.6) is 0 Å². The number of rotatable bonds is 5. The molecule has 0 saturated carbocycles. The zero-order chi connectivity index (χ0) is 21.3. The molecule has 1 saturated heterocycles. The minimum absolute atomic E-state index is 0.118. The summed E-state index contributed by atoms with van der Waals surface area (Å²) in [5.74, 6) is 0. The predicted octanol–water partition coefficient (Wildman–Crippen LogP) is 5.21. The van der Waals surface area contributed by atoms with Crippen LogP contribution in [0.25, 0.3) is 0 Å². The van der Waals surface area contributed by atoms with Gasteiger partial charge in [0.05, 0.1) is 10.6 Å². The lowest BCUT2D eigenvalue weighted by molar-refractivity contribution is 0.384. The molecule has 0 N–H and O–H groups in total. The van der Waals surface area contributed by atoms with Crippen LogP contribution >= 0.6 is 46.1 Å². The highest BCUT2D eigenvalue weighted by molar-refractivity contribution is 7.89. The number of sulfonamides is 1. The standard InChI is InChI=1S/C20H18Cl3N3O2S2/c21-15-3-1-14(2-4-15)9-18-13-29-20(24-18)25-5-7-26(8-6-25)30(27,28)19-11-16(22)10-17(23)12-19/h1-4,10-13H,5-9H2. The molecule has 1 aromatic heterocycles. The Morgan fingerprint density at radius 3 is 2.17 bits per heavy atom. The van der Waals surface area contributed by atoms with Gasteiger partial charge in [-0.2, -0.15) is 4.31 Å². The molecule has 2 aromatic carbocycles. The van der Waals surface area contributed by atoms with E-state index in [2.05, 4.69) is 4.90 Å². The highest BCUT2D eigenvalue weighted by Crippen LogP contribution is 2.28. The molecule has 0 atom stereocenters. The van der Waals surface area contributed by atoms with E-state index in [9.17, 15) is 8.42 Å². The average molecular weight is 503 g/mol. The molecular weight excluding hydrogens is 485 g/mol. The van der Waals surface area contributed by atoms with Gasteiger partial charge < -0.3 is 4.90 Å². The molecule has 0 amide bonds. The van der Waals surface area contributed by atoms with Crippen LogP contribution in [0.15, 0.2) is 52.7 Å². The van der Waals surface area contributed by atoms with Gasteiger partial charge in [0.2, 0.25) is 10.0 Å². The van der Waals surface area contributed by atoms with Gasteiger partial charge in [0.1, 0.15) is 0 Å². The maximum absolute atomic E-state index is 12.9. The molecule has 4 rings (SSSR count). The van der Waals surface area contributed by atoms with Gasteiger partial charge in [-0.1, -0.05) is 46.9 Å². The maximum Gasteiger partial charge on any atom is 0.243 e. The summed E-state index contributed by atoms with van der Waals surface area (Å²) in [5.41, 5.74) is 2.13. The number of thiazole rings is 1. The van der Waals surface area contributed by atoms with Crippen LogP contribution in [0, 0.1) is 0 Å². The summed E-state index contributed by atoms with van der Waals surface area (Å²) < 4.78 is 27.3. The molecule has 1 aliphatic rings. The van der Waals surface area contributed by atoms with Gasteiger partial charge in [0, 0.05) is 53.0 Å². The SMILES string of the molecule is O=S(=O)(c1cc(Cl)cc(Cl)c1)N1CCN(c2nc(Cc3ccc(Cl)cc3)cs2)CC1. The van der Waals surface area contributed by atoms with Crippen LogP contribution in [0.1, 0.15) is 11.3 Å². The number of hydrogen-bond acceptors (Lipinski definition) is 5. The highest BCUT2D eigenvalue weighted by atomic mass is 35.5. The van der Waals surface area contributed by atoms with Crippen LogP contribution in [0.4, 0.5) is 5.13 Å². The van der Waals surface area contributed by atoms with E-state index in [-0.39, 0.29) is 4.90 Å². The van der Waals surface area contributed by atoms with E-state index in [1.165, 1.54) is 22.5 Å². The highest BCUT2D eigenvalue weighted by Gasteiger charge is 2.29. The molecule has 0 unspecified atom stereocenters. The Morgan fingerprint density at radius 1 is 0.900 bits per heavy atom. The van der Waals surface area contributed by atoms with Crippen molar-refractivity contribution in [1.82, 2.24) is 9.29 Å². The first-order valence-electron chi connectivity index (χ1n) is 9.21. The summed E-state index contributed by atoms with van der Waals surface area (Å²) in [6.07, 6.45) is 0.734. The van der Waals surface area contributed by atoms with Crippen LogP contribution in [-0.2, 0) is 16.4 Å². The minimum atomic E-state index is -3.64. The third kappa shape index (κ3) is 4.93. The quantitative estimate of drug-likeness (QED) is 0.481. The maximum atomic E-state index is 12.9. The fraction of sp³-hybridized carbons (Fsp3) is 0.250. The van der Waals surface area contributed by atoms with E-state index in [1.807, 2.05) is 29.6 Å². The second-order valence-electron chi connectivity index (χ2n) is 6.92. The molecule has 1 aliphatic heterocycles. The summed E-state index contributed by atoms with van der Waals surface area (Å²) >= 11 is 19.5. The van der Waals surface area contributed by atoms with Crippen LogP contribution in [0.2, 0.25) is 15.1 Å². The van der Waals surface area contributed by atoms with Crippen molar-refractivity contribution in [3.8, 4) is 0 Å². The third-order valence-electron chi connectivity index (χ3n) is 4.82. The number of aromatic nitrogens is 1. The molecule has 10 heteroatoms. The van der Waals surface area contributed by atoms with E-state index in [4.69, 9.17) is 39.8 Å². The number of nitrogens with zero attached hydrogens (tertiary/aromatic N) is 3. The zero-order valence-electron chi connectivity index (χ0n) is 15.8. The molecule has 3 aromatic rings. The second kappa shape index (κ2) is 9.02. The Hall–Kier alpha value is -1.35. The lowest BCUT2D eigenvalue weighted by Crippen LogP contribution is -2.48. The molecule has 2 heterocycles. The fourth-order valence-corrected chi connectivity index (χ4v) is 6.43. The predicted molar refractivity (Wildman–Crippen MR) is 124 cm³/mol. The van der Waals surface area contributed by atoms with Gasteiger partial charge in [0.15, 0.2) is 5.13 Å².